The molecule has 0 aromatic heterocycles. The molecule has 2 aliphatic rings. The van der Waals surface area contributed by atoms with Crippen LogP contribution in [0.4, 0.5) is 0 Å². The summed E-state index contributed by atoms with van der Waals surface area (Å²) >= 11 is 0. The largest absolute Gasteiger partial charge is 0.312 e. The third-order valence-electron chi connectivity index (χ3n) is 11.5. The molecule has 50 heavy (non-hydrogen) atoms. The zero-order valence-electron chi connectivity index (χ0n) is 29.2. The number of rotatable bonds is 6. The molecule has 2 nitrogen and oxygen atoms in total. The first-order chi connectivity index (χ1) is 24.2. The highest BCUT2D eigenvalue weighted by Crippen LogP contribution is 2.52. The molecule has 0 radical (unpaired) electrons. The summed E-state index contributed by atoms with van der Waals surface area (Å²) in [7, 11) is 0. The molecule has 0 saturated carbocycles. The van der Waals surface area contributed by atoms with Crippen molar-refractivity contribution in [2.24, 2.45) is 5.73 Å². The summed E-state index contributed by atoms with van der Waals surface area (Å²) in [5.41, 5.74) is 21.0. The molecule has 0 bridgehead atoms. The topological polar surface area (TPSA) is 38.0 Å². The van der Waals surface area contributed by atoms with Crippen LogP contribution < -0.4 is 11.1 Å². The van der Waals surface area contributed by atoms with Crippen molar-refractivity contribution in [1.29, 1.82) is 0 Å². The van der Waals surface area contributed by atoms with Crippen LogP contribution in [-0.2, 0) is 10.8 Å². The first kappa shape index (κ1) is 30.8. The molecule has 2 heteroatoms. The molecule has 0 spiro atoms. The van der Waals surface area contributed by atoms with Gasteiger partial charge in [-0.05, 0) is 113 Å². The fourth-order valence-electron chi connectivity index (χ4n) is 8.70. The molecule has 2 aliphatic carbocycles. The molecule has 7 aromatic carbocycles. The predicted molar refractivity (Wildman–Crippen MR) is 211 cm³/mol. The number of hydrogen-bond donors (Lipinski definition) is 2. The van der Waals surface area contributed by atoms with Crippen LogP contribution >= 0.6 is 0 Å². The second-order valence-electron chi connectivity index (χ2n) is 15.2. The van der Waals surface area contributed by atoms with Gasteiger partial charge in [-0.25, -0.2) is 0 Å². The Labute approximate surface area is 295 Å². The fourth-order valence-corrected chi connectivity index (χ4v) is 8.70. The normalized spacial score (nSPS) is 16.3. The van der Waals surface area contributed by atoms with Crippen LogP contribution in [0.5, 0.6) is 0 Å². The molecule has 0 aliphatic heterocycles. The average Bonchev–Trinajstić information content (AvgIpc) is 3.50. The van der Waals surface area contributed by atoms with Crippen molar-refractivity contribution >= 4 is 27.6 Å². The first-order valence-corrected chi connectivity index (χ1v) is 17.8. The predicted octanol–water partition coefficient (Wildman–Crippen LogP) is 11.6. The molecule has 0 heterocycles. The van der Waals surface area contributed by atoms with Gasteiger partial charge in [0, 0.05) is 10.8 Å². The molecule has 2 atom stereocenters. The summed E-state index contributed by atoms with van der Waals surface area (Å²) in [6.45, 7) is 9.42. The second-order valence-corrected chi connectivity index (χ2v) is 15.2. The van der Waals surface area contributed by atoms with E-state index in [2.05, 4.69) is 179 Å². The number of fused-ring (bicyclic) bond motifs is 8. The summed E-state index contributed by atoms with van der Waals surface area (Å²) in [6, 6.07) is 51.0. The summed E-state index contributed by atoms with van der Waals surface area (Å²) in [4.78, 5) is 0. The lowest BCUT2D eigenvalue weighted by Crippen LogP contribution is -2.31. The highest BCUT2D eigenvalue weighted by Gasteiger charge is 2.38. The maximum absolute atomic E-state index is 6.89. The van der Waals surface area contributed by atoms with E-state index >= 15 is 0 Å². The van der Waals surface area contributed by atoms with E-state index in [1.165, 1.54) is 77.2 Å². The van der Waals surface area contributed by atoms with Crippen molar-refractivity contribution in [1.82, 2.24) is 5.32 Å². The van der Waals surface area contributed by atoms with Crippen LogP contribution in [0.2, 0.25) is 0 Å². The SMILES string of the molecule is CC1(C)c2ccc(C(/C=C/c3cccc4c3-c3cc5ccccc5cc3C4(C)C)NC(N)c3ccccc3)cc2-c2cc3ccccc3cc21. The van der Waals surface area contributed by atoms with Gasteiger partial charge in [0.1, 0.15) is 0 Å². The Hall–Kier alpha value is -5.28. The average molecular weight is 647 g/mol. The van der Waals surface area contributed by atoms with Crippen molar-refractivity contribution in [3.8, 4) is 22.3 Å². The van der Waals surface area contributed by atoms with Crippen LogP contribution in [0.3, 0.4) is 0 Å². The Bertz CT molecular complexity index is 2480. The van der Waals surface area contributed by atoms with E-state index in [1.54, 1.807) is 0 Å². The van der Waals surface area contributed by atoms with Crippen molar-refractivity contribution in [2.45, 2.75) is 50.7 Å². The lowest BCUT2D eigenvalue weighted by molar-refractivity contribution is 0.509. The van der Waals surface area contributed by atoms with Gasteiger partial charge in [-0.3, -0.25) is 5.32 Å². The quantitative estimate of drug-likeness (QED) is 0.176. The van der Waals surface area contributed by atoms with Crippen molar-refractivity contribution < 1.29 is 0 Å². The number of hydrogen-bond acceptors (Lipinski definition) is 2. The van der Waals surface area contributed by atoms with Gasteiger partial charge in [-0.15, -0.1) is 0 Å². The monoisotopic (exact) mass is 646 g/mol. The molecule has 9 rings (SSSR count). The van der Waals surface area contributed by atoms with Crippen LogP contribution in [0.15, 0.2) is 146 Å². The van der Waals surface area contributed by atoms with Crippen LogP contribution in [0.25, 0.3) is 49.9 Å². The van der Waals surface area contributed by atoms with Gasteiger partial charge in [0.15, 0.2) is 0 Å². The first-order valence-electron chi connectivity index (χ1n) is 17.8. The Kier molecular flexibility index (Phi) is 7.00. The summed E-state index contributed by atoms with van der Waals surface area (Å²) in [6.07, 6.45) is 4.29. The van der Waals surface area contributed by atoms with Crippen molar-refractivity contribution in [2.75, 3.05) is 0 Å². The number of nitrogens with one attached hydrogen (secondary N) is 1. The van der Waals surface area contributed by atoms with E-state index < -0.39 is 0 Å². The number of benzene rings is 7. The Balaban J connectivity index is 1.17. The van der Waals surface area contributed by atoms with Gasteiger partial charge >= 0.3 is 0 Å². The van der Waals surface area contributed by atoms with E-state index in [1.807, 2.05) is 6.07 Å². The Morgan fingerprint density at radius 2 is 1.06 bits per heavy atom. The highest BCUT2D eigenvalue weighted by atomic mass is 15.0. The molecule has 0 amide bonds. The van der Waals surface area contributed by atoms with Gasteiger partial charge in [-0.2, -0.15) is 0 Å². The van der Waals surface area contributed by atoms with Crippen LogP contribution in [0.1, 0.15) is 78.8 Å². The molecule has 0 fully saturated rings. The summed E-state index contributed by atoms with van der Waals surface area (Å²) < 4.78 is 0. The van der Waals surface area contributed by atoms with Gasteiger partial charge in [-0.1, -0.05) is 149 Å². The van der Waals surface area contributed by atoms with E-state index in [0.717, 1.165) is 5.56 Å². The Morgan fingerprint density at radius 3 is 1.74 bits per heavy atom. The smallest absolute Gasteiger partial charge is 0.0817 e. The van der Waals surface area contributed by atoms with Crippen LogP contribution in [-0.4, -0.2) is 0 Å². The Morgan fingerprint density at radius 1 is 0.500 bits per heavy atom. The van der Waals surface area contributed by atoms with E-state index in [9.17, 15) is 0 Å². The van der Waals surface area contributed by atoms with Gasteiger partial charge in [0.2, 0.25) is 0 Å². The molecular weight excluding hydrogens is 605 g/mol. The molecule has 3 N–H and O–H groups in total. The highest BCUT2D eigenvalue weighted by molar-refractivity contribution is 5.96. The maximum Gasteiger partial charge on any atom is 0.0817 e. The lowest BCUT2D eigenvalue weighted by atomic mass is 9.81. The van der Waals surface area contributed by atoms with Gasteiger partial charge in [0.25, 0.3) is 0 Å². The minimum atomic E-state index is -0.334. The molecular formula is C48H42N2. The van der Waals surface area contributed by atoms with E-state index in [4.69, 9.17) is 5.73 Å². The van der Waals surface area contributed by atoms with E-state index in [-0.39, 0.29) is 23.0 Å². The van der Waals surface area contributed by atoms with Crippen LogP contribution in [0, 0.1) is 0 Å². The number of nitrogens with two attached hydrogens (primary N) is 1. The second kappa shape index (κ2) is 11.4. The fraction of sp³-hybridized carbons (Fsp3) is 0.167. The van der Waals surface area contributed by atoms with Crippen molar-refractivity contribution in [3.63, 3.8) is 0 Å². The molecule has 244 valence electrons. The third-order valence-corrected chi connectivity index (χ3v) is 11.5. The zero-order chi connectivity index (χ0) is 34.2. The minimum Gasteiger partial charge on any atom is -0.312 e. The lowest BCUT2D eigenvalue weighted by Gasteiger charge is -2.24. The zero-order valence-corrected chi connectivity index (χ0v) is 29.2. The minimum absolute atomic E-state index is 0.0820. The molecule has 0 saturated heterocycles. The summed E-state index contributed by atoms with van der Waals surface area (Å²) in [5.74, 6) is 0. The van der Waals surface area contributed by atoms with Crippen molar-refractivity contribution in [3.05, 3.63) is 185 Å². The van der Waals surface area contributed by atoms with E-state index in [0.29, 0.717) is 0 Å². The third kappa shape index (κ3) is 4.78. The molecule has 7 aromatic rings. The van der Waals surface area contributed by atoms with Gasteiger partial charge < -0.3 is 5.73 Å². The van der Waals surface area contributed by atoms with Gasteiger partial charge in [0.05, 0.1) is 12.2 Å². The maximum atomic E-state index is 6.89. The standard InChI is InChI=1S/C48H42N2/c1-47(2)40-23-21-36(27-37(40)38-25-32-15-8-10-17-34(32)28-42(38)47)44(50-46(49)31-13-6-5-7-14-31)24-22-30-19-12-20-41-45(30)39-26-33-16-9-11-18-35(33)29-43(39)48(41,3)4/h5-29,44,46,50H,49H2,1-4H3/b24-22+. The summed E-state index contributed by atoms with van der Waals surface area (Å²) in [5, 5.41) is 8.93. The molecule has 2 unspecified atom stereocenters.